The topological polar surface area (TPSA) is 9.23 Å². The van der Waals surface area contributed by atoms with Crippen LogP contribution in [0.1, 0.15) is 47.0 Å². The molecule has 1 heteroatoms. The van der Waals surface area contributed by atoms with Gasteiger partial charge in [-0.05, 0) is 24.2 Å². The minimum atomic E-state index is 0.321. The van der Waals surface area contributed by atoms with Crippen LogP contribution in [0.3, 0.4) is 0 Å². The third-order valence-electron chi connectivity index (χ3n) is 2.82. The van der Waals surface area contributed by atoms with Crippen molar-refractivity contribution in [2.75, 3.05) is 6.61 Å². The van der Waals surface area contributed by atoms with Crippen molar-refractivity contribution in [3.63, 3.8) is 0 Å². The molecule has 1 heterocycles. The zero-order valence-electron chi connectivity index (χ0n) is 8.89. The maximum atomic E-state index is 5.85. The Morgan fingerprint density at radius 1 is 1.33 bits per heavy atom. The van der Waals surface area contributed by atoms with Crippen LogP contribution in [0.4, 0.5) is 0 Å². The van der Waals surface area contributed by atoms with Gasteiger partial charge in [-0.1, -0.05) is 34.1 Å². The summed E-state index contributed by atoms with van der Waals surface area (Å²) in [5.74, 6) is 0.791. The van der Waals surface area contributed by atoms with Gasteiger partial charge in [0, 0.05) is 6.61 Å². The average molecular weight is 170 g/mol. The van der Waals surface area contributed by atoms with Gasteiger partial charge in [-0.25, -0.2) is 0 Å². The molecule has 0 spiro atoms. The van der Waals surface area contributed by atoms with Gasteiger partial charge in [-0.3, -0.25) is 0 Å². The first-order valence-electron chi connectivity index (χ1n) is 5.17. The van der Waals surface area contributed by atoms with Gasteiger partial charge in [0.2, 0.25) is 0 Å². The molecule has 0 aromatic carbocycles. The van der Waals surface area contributed by atoms with E-state index in [1.165, 1.54) is 19.3 Å². The predicted molar refractivity (Wildman–Crippen MR) is 52.2 cm³/mol. The molecule has 0 N–H and O–H groups in total. The van der Waals surface area contributed by atoms with E-state index in [0.717, 1.165) is 12.5 Å². The van der Waals surface area contributed by atoms with Gasteiger partial charge < -0.3 is 4.74 Å². The predicted octanol–water partition coefficient (Wildman–Crippen LogP) is 3.24. The first kappa shape index (κ1) is 10.0. The van der Waals surface area contributed by atoms with Crippen molar-refractivity contribution in [2.45, 2.75) is 53.1 Å². The van der Waals surface area contributed by atoms with Gasteiger partial charge >= 0.3 is 0 Å². The largest absolute Gasteiger partial charge is 0.377 e. The highest BCUT2D eigenvalue weighted by Gasteiger charge is 2.33. The number of hydrogen-bond acceptors (Lipinski definition) is 1. The molecule has 0 aromatic rings. The molecule has 12 heavy (non-hydrogen) atoms. The van der Waals surface area contributed by atoms with Crippen LogP contribution in [-0.2, 0) is 4.74 Å². The number of rotatable bonds is 1. The van der Waals surface area contributed by atoms with Crippen molar-refractivity contribution in [3.05, 3.63) is 0 Å². The smallest absolute Gasteiger partial charge is 0.0651 e. The third-order valence-corrected chi connectivity index (χ3v) is 2.82. The van der Waals surface area contributed by atoms with Crippen LogP contribution in [0, 0.1) is 11.3 Å². The summed E-state index contributed by atoms with van der Waals surface area (Å²) in [6.07, 6.45) is 4.36. The standard InChI is InChI=1S/C11H22O/c1-5-9-7-6-8-12-10(9)11(2,3)4/h9-10H,5-8H2,1-4H3. The maximum absolute atomic E-state index is 5.85. The van der Waals surface area contributed by atoms with E-state index in [0.29, 0.717) is 11.5 Å². The van der Waals surface area contributed by atoms with E-state index in [-0.39, 0.29) is 0 Å². The monoisotopic (exact) mass is 170 g/mol. The molecule has 0 aromatic heterocycles. The fourth-order valence-corrected chi connectivity index (χ4v) is 2.22. The van der Waals surface area contributed by atoms with E-state index < -0.39 is 0 Å². The normalized spacial score (nSPS) is 32.0. The molecule has 1 fully saturated rings. The third kappa shape index (κ3) is 2.22. The Morgan fingerprint density at radius 3 is 2.42 bits per heavy atom. The Morgan fingerprint density at radius 2 is 2.00 bits per heavy atom. The second kappa shape index (κ2) is 3.78. The minimum Gasteiger partial charge on any atom is -0.377 e. The fourth-order valence-electron chi connectivity index (χ4n) is 2.22. The van der Waals surface area contributed by atoms with Crippen LogP contribution in [0.5, 0.6) is 0 Å². The highest BCUT2D eigenvalue weighted by atomic mass is 16.5. The van der Waals surface area contributed by atoms with Gasteiger partial charge in [0.1, 0.15) is 0 Å². The van der Waals surface area contributed by atoms with E-state index in [1.54, 1.807) is 0 Å². The molecular weight excluding hydrogens is 148 g/mol. The second-order valence-electron chi connectivity index (χ2n) is 4.97. The maximum Gasteiger partial charge on any atom is 0.0651 e. The van der Waals surface area contributed by atoms with E-state index in [2.05, 4.69) is 27.7 Å². The molecule has 0 saturated carbocycles. The van der Waals surface area contributed by atoms with Gasteiger partial charge in [-0.15, -0.1) is 0 Å². The van der Waals surface area contributed by atoms with Crippen LogP contribution >= 0.6 is 0 Å². The molecule has 1 saturated heterocycles. The molecule has 2 atom stereocenters. The number of hydrogen-bond donors (Lipinski definition) is 0. The lowest BCUT2D eigenvalue weighted by molar-refractivity contribution is -0.0861. The lowest BCUT2D eigenvalue weighted by Gasteiger charge is -2.39. The molecule has 0 bridgehead atoms. The van der Waals surface area contributed by atoms with Gasteiger partial charge in [-0.2, -0.15) is 0 Å². The molecule has 2 unspecified atom stereocenters. The Bertz CT molecular complexity index is 134. The molecule has 0 aliphatic carbocycles. The van der Waals surface area contributed by atoms with E-state index in [1.807, 2.05) is 0 Å². The summed E-state index contributed by atoms with van der Waals surface area (Å²) in [6, 6.07) is 0. The molecule has 1 nitrogen and oxygen atoms in total. The van der Waals surface area contributed by atoms with Crippen molar-refractivity contribution in [2.24, 2.45) is 11.3 Å². The zero-order valence-corrected chi connectivity index (χ0v) is 8.89. The highest BCUT2D eigenvalue weighted by molar-refractivity contribution is 4.83. The summed E-state index contributed by atoms with van der Waals surface area (Å²) in [6.45, 7) is 10.1. The van der Waals surface area contributed by atoms with Crippen LogP contribution in [0.25, 0.3) is 0 Å². The lowest BCUT2D eigenvalue weighted by Crippen LogP contribution is -2.39. The summed E-state index contributed by atoms with van der Waals surface area (Å²) >= 11 is 0. The molecular formula is C11H22O. The Kier molecular flexibility index (Phi) is 3.16. The van der Waals surface area contributed by atoms with Crippen molar-refractivity contribution >= 4 is 0 Å². The molecule has 0 amide bonds. The van der Waals surface area contributed by atoms with E-state index >= 15 is 0 Å². The zero-order chi connectivity index (χ0) is 9.19. The summed E-state index contributed by atoms with van der Waals surface area (Å²) < 4.78 is 5.85. The van der Waals surface area contributed by atoms with E-state index in [4.69, 9.17) is 4.74 Å². The van der Waals surface area contributed by atoms with Crippen LogP contribution in [0.15, 0.2) is 0 Å². The number of ether oxygens (including phenoxy) is 1. The summed E-state index contributed by atoms with van der Waals surface area (Å²) in [5, 5.41) is 0. The van der Waals surface area contributed by atoms with Crippen molar-refractivity contribution in [1.82, 2.24) is 0 Å². The minimum absolute atomic E-state index is 0.321. The lowest BCUT2D eigenvalue weighted by atomic mass is 9.77. The Hall–Kier alpha value is -0.0400. The highest BCUT2D eigenvalue weighted by Crippen LogP contribution is 2.35. The fraction of sp³-hybridized carbons (Fsp3) is 1.00. The average Bonchev–Trinajstić information content (AvgIpc) is 2.03. The summed E-state index contributed by atoms with van der Waals surface area (Å²) in [4.78, 5) is 0. The molecule has 1 aliphatic rings. The SMILES string of the molecule is CCC1CCCOC1C(C)(C)C. The first-order chi connectivity index (χ1) is 5.55. The van der Waals surface area contributed by atoms with Gasteiger partial charge in [0.25, 0.3) is 0 Å². The molecule has 0 radical (unpaired) electrons. The molecule has 1 aliphatic heterocycles. The molecule has 72 valence electrons. The summed E-state index contributed by atoms with van der Waals surface area (Å²) in [7, 11) is 0. The van der Waals surface area contributed by atoms with Crippen molar-refractivity contribution in [3.8, 4) is 0 Å². The van der Waals surface area contributed by atoms with Crippen molar-refractivity contribution in [1.29, 1.82) is 0 Å². The van der Waals surface area contributed by atoms with Crippen LogP contribution in [-0.4, -0.2) is 12.7 Å². The van der Waals surface area contributed by atoms with Crippen LogP contribution < -0.4 is 0 Å². The van der Waals surface area contributed by atoms with Crippen molar-refractivity contribution < 1.29 is 4.74 Å². The quantitative estimate of drug-likeness (QED) is 0.587. The first-order valence-corrected chi connectivity index (χ1v) is 5.17. The van der Waals surface area contributed by atoms with E-state index in [9.17, 15) is 0 Å². The van der Waals surface area contributed by atoms with Crippen LogP contribution in [0.2, 0.25) is 0 Å². The summed E-state index contributed by atoms with van der Waals surface area (Å²) in [5.41, 5.74) is 0.321. The second-order valence-corrected chi connectivity index (χ2v) is 4.97. The Balaban J connectivity index is 2.59. The van der Waals surface area contributed by atoms with Gasteiger partial charge in [0.15, 0.2) is 0 Å². The van der Waals surface area contributed by atoms with Gasteiger partial charge in [0.05, 0.1) is 6.10 Å². The Labute approximate surface area is 76.5 Å². The molecule has 1 rings (SSSR count).